The van der Waals surface area contributed by atoms with Crippen LogP contribution in [0.3, 0.4) is 0 Å². The fourth-order valence-corrected chi connectivity index (χ4v) is 3.48. The number of nitriles is 1. The average molecular weight is 414 g/mol. The summed E-state index contributed by atoms with van der Waals surface area (Å²) in [7, 11) is 1.55. The van der Waals surface area contributed by atoms with Crippen molar-refractivity contribution < 1.29 is 4.74 Å². The van der Waals surface area contributed by atoms with Crippen LogP contribution >= 0.6 is 55.2 Å². The Morgan fingerprint density at radius 3 is 2.78 bits per heavy atom. The van der Waals surface area contributed by atoms with Gasteiger partial charge in [-0.2, -0.15) is 5.26 Å². The van der Waals surface area contributed by atoms with Gasteiger partial charge in [-0.15, -0.1) is 0 Å². The summed E-state index contributed by atoms with van der Waals surface area (Å²) in [5, 5.41) is 12.0. The van der Waals surface area contributed by atoms with E-state index >= 15 is 0 Å². The van der Waals surface area contributed by atoms with Crippen LogP contribution in [-0.2, 0) is 0 Å². The van der Waals surface area contributed by atoms with E-state index in [2.05, 4.69) is 42.2 Å². The van der Waals surface area contributed by atoms with Crippen molar-refractivity contribution in [1.29, 1.82) is 5.26 Å². The van der Waals surface area contributed by atoms with E-state index < -0.39 is 0 Å². The molecule has 0 amide bonds. The monoisotopic (exact) mass is 411 g/mol. The fourth-order valence-electron chi connectivity index (χ4n) is 1.13. The van der Waals surface area contributed by atoms with Crippen LogP contribution in [0.2, 0.25) is 5.02 Å². The molecule has 0 atom stereocenters. The quantitative estimate of drug-likeness (QED) is 0.340. The molecule has 0 aliphatic heterocycles. The second-order valence-corrected chi connectivity index (χ2v) is 5.74. The molecule has 8 heteroatoms. The van der Waals surface area contributed by atoms with Gasteiger partial charge < -0.3 is 4.74 Å². The maximum atomic E-state index is 8.60. The lowest BCUT2D eigenvalue weighted by molar-refractivity contribution is 0.409. The van der Waals surface area contributed by atoms with Crippen LogP contribution in [0.15, 0.2) is 20.0 Å². The number of rotatable bonds is 2. The summed E-state index contributed by atoms with van der Waals surface area (Å²) in [6.45, 7) is 0. The van der Waals surface area contributed by atoms with E-state index in [4.69, 9.17) is 21.6 Å². The van der Waals surface area contributed by atoms with Gasteiger partial charge in [0, 0.05) is 0 Å². The molecule has 4 nitrogen and oxygen atoms in total. The molecule has 0 fully saturated rings. The van der Waals surface area contributed by atoms with Crippen molar-refractivity contribution in [3.05, 3.63) is 20.0 Å². The number of amidine groups is 1. The first-order chi connectivity index (χ1) is 8.54. The Bertz CT molecular complexity index is 531. The minimum atomic E-state index is 0.445. The van der Waals surface area contributed by atoms with Gasteiger partial charge in [-0.3, -0.25) is 5.32 Å². The number of thioether (sulfide) groups is 1. The third kappa shape index (κ3) is 3.54. The smallest absolute Gasteiger partial charge is 0.183 e. The van der Waals surface area contributed by atoms with E-state index in [-0.39, 0.29) is 0 Å². The first kappa shape index (κ1) is 15.6. The summed E-state index contributed by atoms with van der Waals surface area (Å²) in [4.78, 5) is 4.28. The van der Waals surface area contributed by atoms with Crippen molar-refractivity contribution in [2.75, 3.05) is 13.4 Å². The number of nitrogens with one attached hydrogen (secondary N) is 1. The van der Waals surface area contributed by atoms with Crippen molar-refractivity contribution >= 4 is 66.1 Å². The largest absolute Gasteiger partial charge is 0.494 e. The van der Waals surface area contributed by atoms with Crippen molar-refractivity contribution in [1.82, 2.24) is 5.32 Å². The zero-order valence-corrected chi connectivity index (χ0v) is 14.2. The summed E-state index contributed by atoms with van der Waals surface area (Å²) >= 11 is 14.2. The van der Waals surface area contributed by atoms with Crippen LogP contribution in [0.1, 0.15) is 0 Å². The van der Waals surface area contributed by atoms with E-state index in [1.165, 1.54) is 11.8 Å². The number of aliphatic imine (C=N–C) groups is 1. The van der Waals surface area contributed by atoms with Gasteiger partial charge in [0.1, 0.15) is 11.4 Å². The Kier molecular flexibility index (Phi) is 6.29. The third-order valence-electron chi connectivity index (χ3n) is 1.88. The lowest BCUT2D eigenvalue weighted by Gasteiger charge is -2.10. The molecule has 0 aliphatic carbocycles. The molecule has 0 spiro atoms. The van der Waals surface area contributed by atoms with Gasteiger partial charge in [0.25, 0.3) is 0 Å². The molecule has 1 rings (SSSR count). The SMILES string of the molecule is COc1c(Br)cc(Cl)c(N=C(NC#N)SC)c1Br. The molecule has 0 saturated carbocycles. The lowest BCUT2D eigenvalue weighted by atomic mass is 10.3. The molecule has 18 heavy (non-hydrogen) atoms. The predicted octanol–water partition coefficient (Wildman–Crippen LogP) is 4.29. The number of benzene rings is 1. The standard InChI is InChI=1S/C10H8Br2ClN3OS/c1-17-9-5(11)3-6(13)8(7(9)12)16-10(18-2)15-4-14/h3H,1-2H3,(H,15,16). The van der Waals surface area contributed by atoms with Crippen LogP contribution in [0.25, 0.3) is 0 Å². The molecule has 0 aliphatic rings. The van der Waals surface area contributed by atoms with Crippen molar-refractivity contribution in [3.63, 3.8) is 0 Å². The zero-order valence-electron chi connectivity index (χ0n) is 9.42. The first-order valence-corrected chi connectivity index (χ1v) is 7.73. The Morgan fingerprint density at radius 1 is 1.61 bits per heavy atom. The van der Waals surface area contributed by atoms with E-state index in [0.717, 1.165) is 4.47 Å². The molecular weight excluding hydrogens is 405 g/mol. The summed E-state index contributed by atoms with van der Waals surface area (Å²) in [6, 6.07) is 1.69. The van der Waals surface area contributed by atoms with Gasteiger partial charge in [-0.1, -0.05) is 23.4 Å². The van der Waals surface area contributed by atoms with Gasteiger partial charge in [0.05, 0.1) is 21.1 Å². The first-order valence-electron chi connectivity index (χ1n) is 4.54. The number of halogens is 3. The van der Waals surface area contributed by atoms with E-state index in [0.29, 0.717) is 26.1 Å². The normalized spacial score (nSPS) is 11.0. The Labute approximate surface area is 131 Å². The molecular formula is C10H8Br2ClN3OS. The summed E-state index contributed by atoms with van der Waals surface area (Å²) in [5.74, 6) is 0.593. The maximum Gasteiger partial charge on any atom is 0.183 e. The van der Waals surface area contributed by atoms with Gasteiger partial charge >= 0.3 is 0 Å². The highest BCUT2D eigenvalue weighted by atomic mass is 79.9. The number of nitrogens with zero attached hydrogens (tertiary/aromatic N) is 2. The van der Waals surface area contributed by atoms with Crippen molar-refractivity contribution in [2.45, 2.75) is 0 Å². The number of hydrogen-bond donors (Lipinski definition) is 1. The maximum absolute atomic E-state index is 8.60. The second kappa shape index (κ2) is 7.24. The Hall–Kier alpha value is -0.420. The van der Waals surface area contributed by atoms with Crippen LogP contribution < -0.4 is 10.1 Å². The fraction of sp³-hybridized carbons (Fsp3) is 0.200. The second-order valence-electron chi connectivity index (χ2n) is 2.89. The molecule has 1 aromatic rings. The van der Waals surface area contributed by atoms with E-state index in [1.54, 1.807) is 19.4 Å². The molecule has 96 valence electrons. The molecule has 0 heterocycles. The van der Waals surface area contributed by atoms with E-state index in [9.17, 15) is 0 Å². The predicted molar refractivity (Wildman–Crippen MR) is 82.8 cm³/mol. The van der Waals surface area contributed by atoms with Crippen LogP contribution in [0.5, 0.6) is 5.75 Å². The Morgan fingerprint density at radius 2 is 2.28 bits per heavy atom. The molecule has 0 aromatic heterocycles. The minimum Gasteiger partial charge on any atom is -0.494 e. The summed E-state index contributed by atoms with van der Waals surface area (Å²) in [6.07, 6.45) is 3.62. The molecule has 1 N–H and O–H groups in total. The van der Waals surface area contributed by atoms with Gasteiger partial charge in [0.2, 0.25) is 0 Å². The number of hydrogen-bond acceptors (Lipinski definition) is 4. The van der Waals surface area contributed by atoms with Gasteiger partial charge in [-0.05, 0) is 44.2 Å². The molecule has 0 unspecified atom stereocenters. The minimum absolute atomic E-state index is 0.445. The van der Waals surface area contributed by atoms with Gasteiger partial charge in [-0.25, -0.2) is 4.99 Å². The summed E-state index contributed by atoms with van der Waals surface area (Å²) < 4.78 is 6.58. The lowest BCUT2D eigenvalue weighted by Crippen LogP contribution is -2.12. The Balaban J connectivity index is 3.37. The van der Waals surface area contributed by atoms with Gasteiger partial charge in [0.15, 0.2) is 11.4 Å². The number of ether oxygens (including phenoxy) is 1. The highest BCUT2D eigenvalue weighted by Gasteiger charge is 2.15. The van der Waals surface area contributed by atoms with E-state index in [1.807, 2.05) is 6.19 Å². The molecule has 1 aromatic carbocycles. The van der Waals surface area contributed by atoms with Crippen LogP contribution in [-0.4, -0.2) is 18.5 Å². The van der Waals surface area contributed by atoms with Crippen LogP contribution in [0.4, 0.5) is 5.69 Å². The number of methoxy groups -OCH3 is 1. The molecule has 0 radical (unpaired) electrons. The zero-order chi connectivity index (χ0) is 13.7. The highest BCUT2D eigenvalue weighted by Crippen LogP contribution is 2.45. The average Bonchev–Trinajstić information content (AvgIpc) is 2.33. The third-order valence-corrected chi connectivity index (χ3v) is 4.07. The summed E-state index contributed by atoms with van der Waals surface area (Å²) in [5.41, 5.74) is 0.504. The van der Waals surface area contributed by atoms with Crippen LogP contribution in [0, 0.1) is 11.5 Å². The van der Waals surface area contributed by atoms with Crippen molar-refractivity contribution in [3.8, 4) is 11.9 Å². The highest BCUT2D eigenvalue weighted by molar-refractivity contribution is 9.11. The topological polar surface area (TPSA) is 57.4 Å². The molecule has 0 saturated heterocycles. The molecule has 0 bridgehead atoms. The van der Waals surface area contributed by atoms with Crippen molar-refractivity contribution in [2.24, 2.45) is 4.99 Å².